The molecule has 0 amide bonds. The van der Waals surface area contributed by atoms with E-state index in [1.54, 1.807) is 17.9 Å². The third kappa shape index (κ3) is 2.13. The van der Waals surface area contributed by atoms with E-state index in [-0.39, 0.29) is 5.56 Å². The highest BCUT2D eigenvalue weighted by Gasteiger charge is 2.12. The molecule has 0 unspecified atom stereocenters. The third-order valence-electron chi connectivity index (χ3n) is 2.97. The van der Waals surface area contributed by atoms with Crippen molar-refractivity contribution in [2.75, 3.05) is 5.73 Å². The van der Waals surface area contributed by atoms with Crippen molar-refractivity contribution in [3.8, 4) is 0 Å². The fraction of sp³-hybridized carbons (Fsp3) is 0.333. The molecule has 0 saturated carbocycles. The van der Waals surface area contributed by atoms with Crippen molar-refractivity contribution in [1.82, 2.24) is 14.3 Å². The fourth-order valence-corrected chi connectivity index (χ4v) is 2.07. The van der Waals surface area contributed by atoms with Gasteiger partial charge in [-0.15, -0.1) is 0 Å². The lowest BCUT2D eigenvalue weighted by Crippen LogP contribution is -2.21. The molecule has 0 aliphatic rings. The van der Waals surface area contributed by atoms with Gasteiger partial charge in [0.05, 0.1) is 17.9 Å². The van der Waals surface area contributed by atoms with Crippen LogP contribution in [0.15, 0.2) is 17.1 Å². The maximum atomic E-state index is 11.9. The highest BCUT2D eigenvalue weighted by molar-refractivity contribution is 6.30. The molecule has 2 aromatic rings. The molecule has 2 rings (SSSR count). The summed E-state index contributed by atoms with van der Waals surface area (Å²) in [4.78, 5) is 11.9. The first-order valence-corrected chi connectivity index (χ1v) is 5.92. The van der Waals surface area contributed by atoms with Crippen molar-refractivity contribution in [3.05, 3.63) is 44.6 Å². The molecule has 0 bridgehead atoms. The molecule has 96 valence electrons. The van der Waals surface area contributed by atoms with Crippen LogP contribution in [0.4, 0.5) is 5.69 Å². The molecule has 6 heteroatoms. The SMILES string of the molecule is Cc1cc(=O)n(Cc2c(C)nn(C)c2Cl)cc1N. The second-order valence-electron chi connectivity index (χ2n) is 4.36. The van der Waals surface area contributed by atoms with Gasteiger partial charge in [-0.2, -0.15) is 5.10 Å². The van der Waals surface area contributed by atoms with Gasteiger partial charge in [0.2, 0.25) is 0 Å². The number of aryl methyl sites for hydroxylation is 3. The summed E-state index contributed by atoms with van der Waals surface area (Å²) in [5, 5.41) is 4.75. The topological polar surface area (TPSA) is 65.8 Å². The minimum atomic E-state index is -0.0963. The van der Waals surface area contributed by atoms with Gasteiger partial charge in [0.15, 0.2) is 0 Å². The van der Waals surface area contributed by atoms with Crippen LogP contribution in [-0.4, -0.2) is 14.3 Å². The smallest absolute Gasteiger partial charge is 0.251 e. The number of aromatic nitrogens is 3. The summed E-state index contributed by atoms with van der Waals surface area (Å²) in [5.41, 5.74) is 8.74. The molecule has 0 saturated heterocycles. The van der Waals surface area contributed by atoms with Crippen molar-refractivity contribution in [2.45, 2.75) is 20.4 Å². The number of pyridine rings is 1. The minimum Gasteiger partial charge on any atom is -0.397 e. The second-order valence-corrected chi connectivity index (χ2v) is 4.71. The molecular weight excluding hydrogens is 252 g/mol. The highest BCUT2D eigenvalue weighted by Crippen LogP contribution is 2.19. The lowest BCUT2D eigenvalue weighted by molar-refractivity contribution is 0.750. The van der Waals surface area contributed by atoms with Crippen molar-refractivity contribution in [2.24, 2.45) is 7.05 Å². The molecule has 0 radical (unpaired) electrons. The largest absolute Gasteiger partial charge is 0.397 e. The summed E-state index contributed by atoms with van der Waals surface area (Å²) in [6, 6.07) is 1.52. The van der Waals surface area contributed by atoms with Gasteiger partial charge in [0, 0.05) is 24.9 Å². The van der Waals surface area contributed by atoms with Gasteiger partial charge in [-0.25, -0.2) is 0 Å². The fourth-order valence-electron chi connectivity index (χ4n) is 1.83. The lowest BCUT2D eigenvalue weighted by atomic mass is 10.2. The summed E-state index contributed by atoms with van der Waals surface area (Å²) < 4.78 is 3.13. The predicted molar refractivity (Wildman–Crippen MR) is 71.9 cm³/mol. The molecule has 0 aliphatic heterocycles. The molecular formula is C12H15ClN4O. The maximum Gasteiger partial charge on any atom is 0.251 e. The van der Waals surface area contributed by atoms with Crippen LogP contribution < -0.4 is 11.3 Å². The summed E-state index contributed by atoms with van der Waals surface area (Å²) >= 11 is 6.14. The van der Waals surface area contributed by atoms with E-state index in [1.807, 2.05) is 13.8 Å². The quantitative estimate of drug-likeness (QED) is 0.895. The van der Waals surface area contributed by atoms with Gasteiger partial charge >= 0.3 is 0 Å². The van der Waals surface area contributed by atoms with E-state index in [9.17, 15) is 4.79 Å². The van der Waals surface area contributed by atoms with Gasteiger partial charge < -0.3 is 10.3 Å². The molecule has 2 N–H and O–H groups in total. The van der Waals surface area contributed by atoms with Gasteiger partial charge in [0.25, 0.3) is 5.56 Å². The Hall–Kier alpha value is -1.75. The zero-order valence-corrected chi connectivity index (χ0v) is 11.3. The number of rotatable bonds is 2. The average molecular weight is 267 g/mol. The Bertz CT molecular complexity index is 657. The van der Waals surface area contributed by atoms with Crippen LogP contribution in [0, 0.1) is 13.8 Å². The monoisotopic (exact) mass is 266 g/mol. The number of hydrogen-bond acceptors (Lipinski definition) is 3. The van der Waals surface area contributed by atoms with Crippen molar-refractivity contribution in [3.63, 3.8) is 0 Å². The first kappa shape index (κ1) is 12.7. The number of halogens is 1. The number of nitrogens with zero attached hydrogens (tertiary/aromatic N) is 3. The van der Waals surface area contributed by atoms with Crippen LogP contribution >= 0.6 is 11.6 Å². The average Bonchev–Trinajstić information content (AvgIpc) is 2.52. The Morgan fingerprint density at radius 3 is 2.67 bits per heavy atom. The molecule has 5 nitrogen and oxygen atoms in total. The minimum absolute atomic E-state index is 0.0963. The standard InChI is InChI=1S/C12H15ClN4O/c1-7-4-11(18)17(6-10(7)14)5-9-8(2)15-16(3)12(9)13/h4,6H,5,14H2,1-3H3. The zero-order chi connectivity index (χ0) is 13.4. The molecule has 0 atom stereocenters. The molecule has 0 spiro atoms. The summed E-state index contributed by atoms with van der Waals surface area (Å²) in [6.07, 6.45) is 1.64. The number of anilines is 1. The van der Waals surface area contributed by atoms with Crippen LogP contribution in [0.1, 0.15) is 16.8 Å². The van der Waals surface area contributed by atoms with E-state index in [0.717, 1.165) is 16.8 Å². The van der Waals surface area contributed by atoms with Crippen LogP contribution in [0.2, 0.25) is 5.15 Å². The van der Waals surface area contributed by atoms with E-state index in [2.05, 4.69) is 5.10 Å². The van der Waals surface area contributed by atoms with Crippen LogP contribution in [0.3, 0.4) is 0 Å². The van der Waals surface area contributed by atoms with E-state index in [0.29, 0.717) is 17.4 Å². The number of nitrogen functional groups attached to an aromatic ring is 1. The first-order valence-electron chi connectivity index (χ1n) is 5.54. The molecule has 0 aromatic carbocycles. The van der Waals surface area contributed by atoms with Gasteiger partial charge in [-0.05, 0) is 19.4 Å². The van der Waals surface area contributed by atoms with E-state index < -0.39 is 0 Å². The molecule has 18 heavy (non-hydrogen) atoms. The predicted octanol–water partition coefficient (Wildman–Crippen LogP) is 1.48. The van der Waals surface area contributed by atoms with Crippen molar-refractivity contribution >= 4 is 17.3 Å². The zero-order valence-electron chi connectivity index (χ0n) is 10.6. The van der Waals surface area contributed by atoms with Crippen LogP contribution in [-0.2, 0) is 13.6 Å². The maximum absolute atomic E-state index is 11.9. The van der Waals surface area contributed by atoms with E-state index in [1.165, 1.54) is 10.6 Å². The Kier molecular flexibility index (Phi) is 3.17. The van der Waals surface area contributed by atoms with Gasteiger partial charge in [-0.3, -0.25) is 9.48 Å². The highest BCUT2D eigenvalue weighted by atomic mass is 35.5. The summed E-state index contributed by atoms with van der Waals surface area (Å²) in [6.45, 7) is 4.05. The molecule has 2 heterocycles. The van der Waals surface area contributed by atoms with Crippen molar-refractivity contribution < 1.29 is 0 Å². The molecule has 0 aliphatic carbocycles. The number of nitrogens with two attached hydrogens (primary N) is 1. The normalized spacial score (nSPS) is 10.9. The van der Waals surface area contributed by atoms with E-state index >= 15 is 0 Å². The third-order valence-corrected chi connectivity index (χ3v) is 3.44. The van der Waals surface area contributed by atoms with Crippen molar-refractivity contribution in [1.29, 1.82) is 0 Å². The van der Waals surface area contributed by atoms with E-state index in [4.69, 9.17) is 17.3 Å². The molecule has 2 aromatic heterocycles. The Labute approximate surface area is 110 Å². The summed E-state index contributed by atoms with van der Waals surface area (Å²) in [7, 11) is 1.77. The Morgan fingerprint density at radius 1 is 1.44 bits per heavy atom. The lowest BCUT2D eigenvalue weighted by Gasteiger charge is -2.08. The Morgan fingerprint density at radius 2 is 2.11 bits per heavy atom. The van der Waals surface area contributed by atoms with Gasteiger partial charge in [0.1, 0.15) is 5.15 Å². The van der Waals surface area contributed by atoms with Crippen LogP contribution in [0.5, 0.6) is 0 Å². The summed E-state index contributed by atoms with van der Waals surface area (Å²) in [5.74, 6) is 0. The van der Waals surface area contributed by atoms with Gasteiger partial charge in [-0.1, -0.05) is 11.6 Å². The Balaban J connectivity index is 2.46. The first-order chi connectivity index (χ1) is 8.40. The second kappa shape index (κ2) is 4.49. The number of hydrogen-bond donors (Lipinski definition) is 1. The van der Waals surface area contributed by atoms with Crippen LogP contribution in [0.25, 0.3) is 0 Å². The molecule has 0 fully saturated rings.